The van der Waals surface area contributed by atoms with Crippen LogP contribution in [0.4, 0.5) is 0 Å². The van der Waals surface area contributed by atoms with Crippen molar-refractivity contribution in [3.63, 3.8) is 0 Å². The average molecular weight is 395 g/mol. The van der Waals surface area contributed by atoms with Gasteiger partial charge in [-0.2, -0.15) is 0 Å². The average Bonchev–Trinajstić information content (AvgIpc) is 2.62. The summed E-state index contributed by atoms with van der Waals surface area (Å²) in [4.78, 5) is 0. The van der Waals surface area contributed by atoms with Gasteiger partial charge in [0, 0.05) is 17.6 Å². The van der Waals surface area contributed by atoms with Crippen LogP contribution in [-0.4, -0.2) is 22.9 Å². The molecule has 0 amide bonds. The lowest BCUT2D eigenvalue weighted by Gasteiger charge is -2.34. The quantitative estimate of drug-likeness (QED) is 0.398. The lowest BCUT2D eigenvalue weighted by atomic mass is 9.72. The van der Waals surface area contributed by atoms with E-state index in [-0.39, 0.29) is 18.1 Å². The lowest BCUT2D eigenvalue weighted by molar-refractivity contribution is 0.117. The van der Waals surface area contributed by atoms with Gasteiger partial charge in [0.25, 0.3) is 0 Å². The zero-order chi connectivity index (χ0) is 21.9. The van der Waals surface area contributed by atoms with Crippen molar-refractivity contribution in [3.8, 4) is 11.8 Å². The molecule has 158 valence electrons. The maximum Gasteiger partial charge on any atom is 0.0586 e. The van der Waals surface area contributed by atoms with E-state index in [0.717, 1.165) is 31.3 Å². The Bertz CT molecular complexity index is 786. The molecule has 1 aliphatic carbocycles. The summed E-state index contributed by atoms with van der Waals surface area (Å²) in [5.41, 5.74) is 5.77. The highest BCUT2D eigenvalue weighted by Crippen LogP contribution is 2.39. The first-order chi connectivity index (χ1) is 13.7. The molecule has 2 N–H and O–H groups in total. The van der Waals surface area contributed by atoms with Crippen molar-refractivity contribution in [2.75, 3.05) is 6.61 Å². The molecule has 1 atom stereocenters. The normalized spacial score (nSPS) is 21.1. The maximum atomic E-state index is 9.99. The van der Waals surface area contributed by atoms with E-state index in [0.29, 0.717) is 0 Å². The molecule has 0 saturated carbocycles. The van der Waals surface area contributed by atoms with Gasteiger partial charge in [-0.15, -0.1) is 0 Å². The van der Waals surface area contributed by atoms with E-state index >= 15 is 0 Å². The smallest absolute Gasteiger partial charge is 0.0586 e. The minimum Gasteiger partial charge on any atom is -0.396 e. The highest BCUT2D eigenvalue weighted by atomic mass is 16.3. The van der Waals surface area contributed by atoms with Crippen molar-refractivity contribution < 1.29 is 10.2 Å². The second-order valence-corrected chi connectivity index (χ2v) is 8.70. The summed E-state index contributed by atoms with van der Waals surface area (Å²) < 4.78 is 0. The van der Waals surface area contributed by atoms with Crippen LogP contribution in [0.2, 0.25) is 0 Å². The molecular formula is C27H38O2. The fourth-order valence-electron chi connectivity index (χ4n) is 3.54. The van der Waals surface area contributed by atoms with Gasteiger partial charge in [0.15, 0.2) is 0 Å². The first kappa shape index (κ1) is 25.0. The monoisotopic (exact) mass is 394 g/mol. The summed E-state index contributed by atoms with van der Waals surface area (Å²) in [6.07, 6.45) is 17.4. The Kier molecular flexibility index (Phi) is 10.7. The molecule has 0 aromatic heterocycles. The zero-order valence-electron chi connectivity index (χ0n) is 19.0. The summed E-state index contributed by atoms with van der Waals surface area (Å²) in [5, 5.41) is 18.8. The van der Waals surface area contributed by atoms with Crippen LogP contribution in [0.15, 0.2) is 70.4 Å². The first-order valence-corrected chi connectivity index (χ1v) is 10.5. The Morgan fingerprint density at radius 2 is 1.79 bits per heavy atom. The van der Waals surface area contributed by atoms with Crippen LogP contribution in [0.1, 0.15) is 67.2 Å². The van der Waals surface area contributed by atoms with Crippen LogP contribution in [0.25, 0.3) is 0 Å². The van der Waals surface area contributed by atoms with E-state index in [1.54, 1.807) is 0 Å². The Labute approximate surface area is 178 Å². The van der Waals surface area contributed by atoms with Crippen molar-refractivity contribution >= 4 is 0 Å². The van der Waals surface area contributed by atoms with E-state index < -0.39 is 0 Å². The van der Waals surface area contributed by atoms with Crippen molar-refractivity contribution in [1.29, 1.82) is 0 Å². The second kappa shape index (κ2) is 12.5. The highest BCUT2D eigenvalue weighted by Gasteiger charge is 2.31. The van der Waals surface area contributed by atoms with E-state index in [9.17, 15) is 5.11 Å². The molecule has 0 radical (unpaired) electrons. The first-order valence-electron chi connectivity index (χ1n) is 10.5. The molecule has 1 unspecified atom stereocenters. The predicted octanol–water partition coefficient (Wildman–Crippen LogP) is 6.21. The van der Waals surface area contributed by atoms with Gasteiger partial charge in [-0.1, -0.05) is 84.9 Å². The zero-order valence-corrected chi connectivity index (χ0v) is 19.0. The molecule has 0 aromatic carbocycles. The van der Waals surface area contributed by atoms with E-state index in [2.05, 4.69) is 64.7 Å². The van der Waals surface area contributed by atoms with E-state index in [1.165, 1.54) is 22.3 Å². The number of aliphatic hydroxyl groups excluding tert-OH is 2. The van der Waals surface area contributed by atoms with E-state index in [4.69, 9.17) is 5.11 Å². The van der Waals surface area contributed by atoms with Crippen molar-refractivity contribution in [2.24, 2.45) is 5.41 Å². The number of hydrogen-bond acceptors (Lipinski definition) is 2. The maximum absolute atomic E-state index is 9.99. The van der Waals surface area contributed by atoms with Crippen LogP contribution in [-0.2, 0) is 0 Å². The van der Waals surface area contributed by atoms with Gasteiger partial charge in [0.2, 0.25) is 0 Å². The molecule has 0 bridgehead atoms. The molecule has 2 heteroatoms. The topological polar surface area (TPSA) is 40.5 Å². The fraction of sp³-hybridized carbons (Fsp3) is 0.481. The molecule has 0 spiro atoms. The second-order valence-electron chi connectivity index (χ2n) is 8.70. The number of hydrogen-bond donors (Lipinski definition) is 2. The molecule has 0 heterocycles. The third kappa shape index (κ3) is 9.79. The Balaban J connectivity index is 2.70. The molecular weight excluding hydrogens is 356 g/mol. The summed E-state index contributed by atoms with van der Waals surface area (Å²) in [6, 6.07) is 0. The van der Waals surface area contributed by atoms with Gasteiger partial charge in [0.1, 0.15) is 0 Å². The summed E-state index contributed by atoms with van der Waals surface area (Å²) >= 11 is 0. The van der Waals surface area contributed by atoms with E-state index in [1.807, 2.05) is 31.2 Å². The van der Waals surface area contributed by atoms with Gasteiger partial charge in [-0.05, 0) is 59.0 Å². The molecule has 2 nitrogen and oxygen atoms in total. The van der Waals surface area contributed by atoms with Crippen molar-refractivity contribution in [3.05, 3.63) is 70.4 Å². The molecule has 0 fully saturated rings. The predicted molar refractivity (Wildman–Crippen MR) is 125 cm³/mol. The lowest BCUT2D eigenvalue weighted by Crippen LogP contribution is -2.28. The third-order valence-electron chi connectivity index (χ3n) is 5.06. The summed E-state index contributed by atoms with van der Waals surface area (Å²) in [7, 11) is 0. The van der Waals surface area contributed by atoms with Crippen LogP contribution in [0.5, 0.6) is 0 Å². The summed E-state index contributed by atoms with van der Waals surface area (Å²) in [6.45, 7) is 12.8. The van der Waals surface area contributed by atoms with Crippen molar-refractivity contribution in [2.45, 2.75) is 73.3 Å². The Morgan fingerprint density at radius 1 is 1.10 bits per heavy atom. The fourth-order valence-corrected chi connectivity index (χ4v) is 3.54. The van der Waals surface area contributed by atoms with Crippen molar-refractivity contribution in [1.82, 2.24) is 0 Å². The molecule has 0 aliphatic heterocycles. The number of allylic oxidation sites excluding steroid dienone is 11. The minimum absolute atomic E-state index is 0.0680. The van der Waals surface area contributed by atoms with Gasteiger partial charge < -0.3 is 10.2 Å². The number of rotatable bonds is 7. The molecule has 1 rings (SSSR count). The van der Waals surface area contributed by atoms with Crippen LogP contribution >= 0.6 is 0 Å². The Morgan fingerprint density at radius 3 is 2.45 bits per heavy atom. The molecule has 29 heavy (non-hydrogen) atoms. The van der Waals surface area contributed by atoms with Gasteiger partial charge >= 0.3 is 0 Å². The molecule has 1 aliphatic rings. The van der Waals surface area contributed by atoms with Crippen LogP contribution < -0.4 is 0 Å². The molecule has 0 aromatic rings. The Hall–Kier alpha value is -2.08. The SMILES string of the molecule is CC(C#CC1=C(C)CC(O)CC1(C)C)=CC=CC(C)=CC=CC=C(C)CCCO. The van der Waals surface area contributed by atoms with Gasteiger partial charge in [0.05, 0.1) is 6.10 Å². The highest BCUT2D eigenvalue weighted by molar-refractivity contribution is 5.45. The standard InChI is InChI=1S/C27H38O2/c1-21(11-7-8-12-22(2)15-10-18-28)13-9-14-23(3)16-17-26-24(4)19-25(29)20-27(26,5)6/h7-9,11-14,25,28-29H,10,15,18-20H2,1-6H3. The third-order valence-corrected chi connectivity index (χ3v) is 5.06. The van der Waals surface area contributed by atoms with Gasteiger partial charge in [-0.3, -0.25) is 0 Å². The van der Waals surface area contributed by atoms with Crippen LogP contribution in [0.3, 0.4) is 0 Å². The minimum atomic E-state index is -0.251. The summed E-state index contributed by atoms with van der Waals surface area (Å²) in [5.74, 6) is 6.63. The largest absolute Gasteiger partial charge is 0.396 e. The van der Waals surface area contributed by atoms with Gasteiger partial charge in [-0.25, -0.2) is 0 Å². The number of aliphatic hydroxyl groups is 2. The molecule has 0 saturated heterocycles. The van der Waals surface area contributed by atoms with Crippen LogP contribution in [0, 0.1) is 17.3 Å².